The lowest BCUT2D eigenvalue weighted by atomic mass is 10.2. The molecule has 2 aromatic rings. The maximum atomic E-state index is 12.3. The molecule has 2 N–H and O–H groups in total. The van der Waals surface area contributed by atoms with E-state index in [0.717, 1.165) is 0 Å². The van der Waals surface area contributed by atoms with Crippen LogP contribution in [0.5, 0.6) is 0 Å². The Morgan fingerprint density at radius 2 is 2.19 bits per heavy atom. The van der Waals surface area contributed by atoms with E-state index in [1.54, 1.807) is 30.6 Å². The summed E-state index contributed by atoms with van der Waals surface area (Å²) in [6, 6.07) is 8.33. The molecular weight excluding hydrogens is 288 g/mol. The minimum atomic E-state index is -0.292. The Morgan fingerprint density at radius 3 is 2.86 bits per heavy atom. The molecule has 5 nitrogen and oxygen atoms in total. The smallest absolute Gasteiger partial charge is 0.257 e. The summed E-state index contributed by atoms with van der Waals surface area (Å²) in [6.45, 7) is 2.62. The Hall–Kier alpha value is -2.58. The molecule has 0 aliphatic carbocycles. The average molecular weight is 301 g/mol. The van der Waals surface area contributed by atoms with Gasteiger partial charge in [-0.15, -0.1) is 0 Å². The van der Waals surface area contributed by atoms with Crippen molar-refractivity contribution < 1.29 is 4.79 Å². The number of hydrogen-bond acceptors (Lipinski definition) is 4. The van der Waals surface area contributed by atoms with Crippen LogP contribution in [0.1, 0.15) is 22.8 Å². The summed E-state index contributed by atoms with van der Waals surface area (Å²) >= 11 is 6.05. The molecule has 0 bridgehead atoms. The van der Waals surface area contributed by atoms with Gasteiger partial charge in [-0.1, -0.05) is 11.6 Å². The first-order valence-corrected chi connectivity index (χ1v) is 6.72. The van der Waals surface area contributed by atoms with Crippen molar-refractivity contribution in [3.63, 3.8) is 0 Å². The number of nitrogens with zero attached hydrogens (tertiary/aromatic N) is 2. The van der Waals surface area contributed by atoms with Crippen molar-refractivity contribution in [2.45, 2.75) is 6.92 Å². The number of aromatic nitrogens is 1. The van der Waals surface area contributed by atoms with Gasteiger partial charge in [-0.05, 0) is 31.2 Å². The molecule has 1 amide bonds. The van der Waals surface area contributed by atoms with Crippen LogP contribution in [-0.2, 0) is 0 Å². The van der Waals surface area contributed by atoms with Crippen LogP contribution in [-0.4, -0.2) is 17.4 Å². The number of anilines is 2. The number of carbonyl (C=O) groups is 1. The van der Waals surface area contributed by atoms with Crippen LogP contribution in [0.3, 0.4) is 0 Å². The zero-order valence-corrected chi connectivity index (χ0v) is 12.1. The third-order valence-electron chi connectivity index (χ3n) is 2.78. The Labute approximate surface area is 127 Å². The fourth-order valence-electron chi connectivity index (χ4n) is 1.80. The van der Waals surface area contributed by atoms with Gasteiger partial charge in [-0.2, -0.15) is 5.26 Å². The molecule has 0 saturated carbocycles. The van der Waals surface area contributed by atoms with E-state index in [0.29, 0.717) is 34.1 Å². The SMILES string of the molecule is CCNc1cnccc1C(=O)Nc1ccc(C#N)cc1Cl. The molecule has 2 rings (SSSR count). The van der Waals surface area contributed by atoms with Crippen molar-refractivity contribution in [1.82, 2.24) is 4.98 Å². The number of amides is 1. The highest BCUT2D eigenvalue weighted by molar-refractivity contribution is 6.34. The molecular formula is C15H13ClN4O. The van der Waals surface area contributed by atoms with Crippen molar-refractivity contribution >= 4 is 28.9 Å². The van der Waals surface area contributed by atoms with Crippen LogP contribution in [0.4, 0.5) is 11.4 Å². The average Bonchev–Trinajstić information content (AvgIpc) is 2.50. The van der Waals surface area contributed by atoms with E-state index in [-0.39, 0.29) is 5.91 Å². The van der Waals surface area contributed by atoms with E-state index in [1.165, 1.54) is 6.07 Å². The molecule has 0 fully saturated rings. The summed E-state index contributed by atoms with van der Waals surface area (Å²) in [4.78, 5) is 16.3. The van der Waals surface area contributed by atoms with Gasteiger partial charge in [-0.3, -0.25) is 9.78 Å². The number of halogens is 1. The van der Waals surface area contributed by atoms with Gasteiger partial charge in [0.1, 0.15) is 0 Å². The van der Waals surface area contributed by atoms with Gasteiger partial charge >= 0.3 is 0 Å². The minimum absolute atomic E-state index is 0.292. The molecule has 0 aliphatic heterocycles. The highest BCUT2D eigenvalue weighted by Gasteiger charge is 2.13. The van der Waals surface area contributed by atoms with Gasteiger partial charge in [0.05, 0.1) is 39.8 Å². The lowest BCUT2D eigenvalue weighted by Gasteiger charge is -2.11. The highest BCUT2D eigenvalue weighted by atomic mass is 35.5. The third-order valence-corrected chi connectivity index (χ3v) is 3.09. The lowest BCUT2D eigenvalue weighted by Crippen LogP contribution is -2.15. The Bertz CT molecular complexity index is 709. The summed E-state index contributed by atoms with van der Waals surface area (Å²) < 4.78 is 0. The first-order valence-electron chi connectivity index (χ1n) is 6.34. The molecule has 0 aliphatic rings. The third kappa shape index (κ3) is 3.50. The molecule has 1 aromatic heterocycles. The molecule has 6 heteroatoms. The number of carbonyl (C=O) groups excluding carboxylic acids is 1. The van der Waals surface area contributed by atoms with Crippen molar-refractivity contribution in [3.8, 4) is 6.07 Å². The van der Waals surface area contributed by atoms with E-state index in [9.17, 15) is 4.79 Å². The van der Waals surface area contributed by atoms with E-state index in [4.69, 9.17) is 16.9 Å². The molecule has 0 saturated heterocycles. The van der Waals surface area contributed by atoms with Gasteiger partial charge in [0.15, 0.2) is 0 Å². The summed E-state index contributed by atoms with van der Waals surface area (Å²) in [5, 5.41) is 14.9. The maximum Gasteiger partial charge on any atom is 0.257 e. The molecule has 21 heavy (non-hydrogen) atoms. The van der Waals surface area contributed by atoms with Crippen LogP contribution in [0.15, 0.2) is 36.7 Å². The fraction of sp³-hybridized carbons (Fsp3) is 0.133. The van der Waals surface area contributed by atoms with Crippen molar-refractivity contribution in [3.05, 3.63) is 52.8 Å². The highest BCUT2D eigenvalue weighted by Crippen LogP contribution is 2.24. The zero-order valence-electron chi connectivity index (χ0n) is 11.4. The van der Waals surface area contributed by atoms with E-state index in [2.05, 4.69) is 15.6 Å². The van der Waals surface area contributed by atoms with Crippen LogP contribution in [0, 0.1) is 11.3 Å². The summed E-state index contributed by atoms with van der Waals surface area (Å²) in [7, 11) is 0. The molecule has 1 aromatic carbocycles. The predicted octanol–water partition coefficient (Wildman–Crippen LogP) is 3.29. The number of hydrogen-bond donors (Lipinski definition) is 2. The molecule has 1 heterocycles. The Morgan fingerprint density at radius 1 is 1.38 bits per heavy atom. The van der Waals surface area contributed by atoms with E-state index < -0.39 is 0 Å². The van der Waals surface area contributed by atoms with Gasteiger partial charge < -0.3 is 10.6 Å². The largest absolute Gasteiger partial charge is 0.383 e. The van der Waals surface area contributed by atoms with Crippen molar-refractivity contribution in [2.75, 3.05) is 17.2 Å². The first-order chi connectivity index (χ1) is 10.2. The summed E-state index contributed by atoms with van der Waals surface area (Å²) in [6.07, 6.45) is 3.15. The molecule has 0 atom stereocenters. The second-order valence-corrected chi connectivity index (χ2v) is 4.62. The molecule has 0 unspecified atom stereocenters. The molecule has 0 radical (unpaired) electrons. The van der Waals surface area contributed by atoms with E-state index >= 15 is 0 Å². The van der Waals surface area contributed by atoms with Crippen LogP contribution in [0.25, 0.3) is 0 Å². The fourth-order valence-corrected chi connectivity index (χ4v) is 2.03. The number of pyridine rings is 1. The van der Waals surface area contributed by atoms with Crippen LogP contribution < -0.4 is 10.6 Å². The van der Waals surface area contributed by atoms with Gasteiger partial charge in [0.25, 0.3) is 5.91 Å². The van der Waals surface area contributed by atoms with Crippen molar-refractivity contribution in [1.29, 1.82) is 5.26 Å². The monoisotopic (exact) mass is 300 g/mol. The lowest BCUT2D eigenvalue weighted by molar-refractivity contribution is 0.102. The summed E-state index contributed by atoms with van der Waals surface area (Å²) in [5.74, 6) is -0.292. The topological polar surface area (TPSA) is 77.8 Å². The number of nitrogens with one attached hydrogen (secondary N) is 2. The second kappa shape index (κ2) is 6.73. The van der Waals surface area contributed by atoms with Gasteiger partial charge in [0, 0.05) is 12.7 Å². The second-order valence-electron chi connectivity index (χ2n) is 4.21. The number of benzene rings is 1. The number of rotatable bonds is 4. The maximum absolute atomic E-state index is 12.3. The number of nitriles is 1. The standard InChI is InChI=1S/C15H13ClN4O/c1-2-19-14-9-18-6-5-11(14)15(21)20-13-4-3-10(8-17)7-12(13)16/h3-7,9,19H,2H2,1H3,(H,20,21). The quantitative estimate of drug-likeness (QED) is 0.908. The van der Waals surface area contributed by atoms with Gasteiger partial charge in [-0.25, -0.2) is 0 Å². The van der Waals surface area contributed by atoms with Crippen LogP contribution in [0.2, 0.25) is 5.02 Å². The molecule has 106 valence electrons. The van der Waals surface area contributed by atoms with Gasteiger partial charge in [0.2, 0.25) is 0 Å². The molecule has 0 spiro atoms. The Balaban J connectivity index is 2.24. The zero-order chi connectivity index (χ0) is 15.2. The van der Waals surface area contributed by atoms with Crippen LogP contribution >= 0.6 is 11.6 Å². The minimum Gasteiger partial charge on any atom is -0.383 e. The van der Waals surface area contributed by atoms with Crippen molar-refractivity contribution in [2.24, 2.45) is 0 Å². The normalized spacial score (nSPS) is 9.76. The van der Waals surface area contributed by atoms with E-state index in [1.807, 2.05) is 13.0 Å². The Kier molecular flexibility index (Phi) is 4.75. The predicted molar refractivity (Wildman–Crippen MR) is 82.5 cm³/mol. The first kappa shape index (κ1) is 14.8. The summed E-state index contributed by atoms with van der Waals surface area (Å²) in [5.41, 5.74) is 2.03.